The number of nitrogens with zero attached hydrogens (tertiary/aromatic N) is 4. The molecular weight excluding hydrogens is 446 g/mol. The van der Waals surface area contributed by atoms with Crippen molar-refractivity contribution in [1.82, 2.24) is 20.2 Å². The normalized spacial score (nSPS) is 11.4. The molecule has 13 heteroatoms. The predicted octanol–water partition coefficient (Wildman–Crippen LogP) is 2.64. The molecule has 146 valence electrons. The van der Waals surface area contributed by atoms with Crippen LogP contribution in [0.2, 0.25) is 5.02 Å². The van der Waals surface area contributed by atoms with Gasteiger partial charge in [0.25, 0.3) is 5.91 Å². The lowest BCUT2D eigenvalue weighted by Gasteiger charge is -2.07. The van der Waals surface area contributed by atoms with E-state index in [4.69, 9.17) is 11.6 Å². The Kier molecular flexibility index (Phi) is 6.13. The molecule has 28 heavy (non-hydrogen) atoms. The van der Waals surface area contributed by atoms with Crippen molar-refractivity contribution in [3.05, 3.63) is 46.7 Å². The van der Waals surface area contributed by atoms with Crippen molar-refractivity contribution >= 4 is 55.6 Å². The molecule has 0 aliphatic carbocycles. The summed E-state index contributed by atoms with van der Waals surface area (Å²) in [6.07, 6.45) is 2.87. The first kappa shape index (κ1) is 20.5. The number of carbonyl (C=O) groups is 1. The van der Waals surface area contributed by atoms with Crippen molar-refractivity contribution in [2.75, 3.05) is 11.6 Å². The summed E-state index contributed by atoms with van der Waals surface area (Å²) < 4.78 is 25.8. The second-order valence-corrected chi connectivity index (χ2v) is 9.63. The topological polar surface area (TPSA) is 135 Å². The molecule has 9 nitrogen and oxygen atoms in total. The van der Waals surface area contributed by atoms with Gasteiger partial charge in [0, 0.05) is 0 Å². The third kappa shape index (κ3) is 4.76. The molecule has 1 amide bonds. The van der Waals surface area contributed by atoms with Gasteiger partial charge in [-0.05, 0) is 24.0 Å². The molecule has 0 radical (unpaired) electrons. The Morgan fingerprint density at radius 1 is 1.29 bits per heavy atom. The average Bonchev–Trinajstić information content (AvgIpc) is 3.11. The van der Waals surface area contributed by atoms with Crippen LogP contribution in [0.25, 0.3) is 0 Å². The highest BCUT2D eigenvalue weighted by Crippen LogP contribution is 2.24. The molecule has 2 heterocycles. The molecule has 0 unspecified atom stereocenters. The van der Waals surface area contributed by atoms with Crippen molar-refractivity contribution < 1.29 is 18.3 Å². The van der Waals surface area contributed by atoms with Gasteiger partial charge in [0.15, 0.2) is 10.0 Å². The molecule has 0 saturated heterocycles. The minimum absolute atomic E-state index is 0.0177. The molecule has 0 bridgehead atoms. The minimum Gasteiger partial charge on any atom is -0.508 e. The summed E-state index contributed by atoms with van der Waals surface area (Å²) in [4.78, 5) is 20.0. The SMILES string of the molecule is CSc1nnc(NC(=O)c2nc(S(=O)(=O)Cc3ccc(O)cc3)ncc2Cl)s1. The fourth-order valence-corrected chi connectivity index (χ4v) is 4.58. The zero-order chi connectivity index (χ0) is 20.3. The highest BCUT2D eigenvalue weighted by atomic mass is 35.5. The van der Waals surface area contributed by atoms with E-state index in [1.165, 1.54) is 36.0 Å². The van der Waals surface area contributed by atoms with Crippen molar-refractivity contribution in [2.45, 2.75) is 15.2 Å². The van der Waals surface area contributed by atoms with Gasteiger partial charge in [-0.2, -0.15) is 0 Å². The maximum absolute atomic E-state index is 12.6. The number of aromatic nitrogens is 4. The molecule has 0 aliphatic heterocycles. The van der Waals surface area contributed by atoms with E-state index in [1.807, 2.05) is 6.26 Å². The number of anilines is 1. The number of benzene rings is 1. The van der Waals surface area contributed by atoms with Crippen LogP contribution in [0.1, 0.15) is 16.1 Å². The van der Waals surface area contributed by atoms with Gasteiger partial charge in [0.1, 0.15) is 5.75 Å². The number of thioether (sulfide) groups is 1. The largest absolute Gasteiger partial charge is 0.508 e. The Morgan fingerprint density at radius 2 is 2.00 bits per heavy atom. The lowest BCUT2D eigenvalue weighted by molar-refractivity contribution is 0.102. The molecule has 2 N–H and O–H groups in total. The minimum atomic E-state index is -3.94. The van der Waals surface area contributed by atoms with Crippen molar-refractivity contribution in [3.63, 3.8) is 0 Å². The molecule has 0 spiro atoms. The number of nitrogens with one attached hydrogen (secondary N) is 1. The number of aromatic hydroxyl groups is 1. The van der Waals surface area contributed by atoms with Crippen LogP contribution in [-0.4, -0.2) is 45.9 Å². The monoisotopic (exact) mass is 457 g/mol. The zero-order valence-corrected chi connectivity index (χ0v) is 17.4. The van der Waals surface area contributed by atoms with E-state index in [-0.39, 0.29) is 21.6 Å². The smallest absolute Gasteiger partial charge is 0.277 e. The number of carbonyl (C=O) groups excluding carboxylic acids is 1. The second kappa shape index (κ2) is 8.39. The molecule has 2 aromatic heterocycles. The molecular formula is C15H12ClN5O4S3. The number of phenolic OH excluding ortho intramolecular Hbond substituents is 1. The van der Waals surface area contributed by atoms with E-state index in [9.17, 15) is 18.3 Å². The second-order valence-electron chi connectivity index (χ2n) is 5.31. The quantitative estimate of drug-likeness (QED) is 0.325. The van der Waals surface area contributed by atoms with Crippen LogP contribution >= 0.6 is 34.7 Å². The van der Waals surface area contributed by atoms with Gasteiger partial charge < -0.3 is 5.11 Å². The molecule has 1 aromatic carbocycles. The van der Waals surface area contributed by atoms with Crippen LogP contribution in [0.5, 0.6) is 5.75 Å². The van der Waals surface area contributed by atoms with Crippen molar-refractivity contribution in [3.8, 4) is 5.75 Å². The van der Waals surface area contributed by atoms with E-state index in [0.717, 1.165) is 17.5 Å². The van der Waals surface area contributed by atoms with E-state index in [0.29, 0.717) is 9.90 Å². The summed E-state index contributed by atoms with van der Waals surface area (Å²) in [5.74, 6) is -1.11. The summed E-state index contributed by atoms with van der Waals surface area (Å²) in [6.45, 7) is 0. The van der Waals surface area contributed by atoms with Crippen molar-refractivity contribution in [1.29, 1.82) is 0 Å². The lowest BCUT2D eigenvalue weighted by atomic mass is 10.2. The van der Waals surface area contributed by atoms with E-state index in [2.05, 4.69) is 25.5 Å². The maximum Gasteiger partial charge on any atom is 0.277 e. The highest BCUT2D eigenvalue weighted by molar-refractivity contribution is 8.00. The van der Waals surface area contributed by atoms with E-state index >= 15 is 0 Å². The van der Waals surface area contributed by atoms with Gasteiger partial charge >= 0.3 is 0 Å². The van der Waals surface area contributed by atoms with Crippen LogP contribution in [0.4, 0.5) is 5.13 Å². The Bertz CT molecular complexity index is 1120. The fraction of sp³-hybridized carbons (Fsp3) is 0.133. The first-order chi connectivity index (χ1) is 13.3. The number of amides is 1. The summed E-state index contributed by atoms with van der Waals surface area (Å²) in [5.41, 5.74) is 0.141. The van der Waals surface area contributed by atoms with Gasteiger partial charge in [-0.15, -0.1) is 10.2 Å². The molecule has 3 rings (SSSR count). The van der Waals surface area contributed by atoms with Crippen molar-refractivity contribution in [2.24, 2.45) is 0 Å². The molecule has 0 saturated carbocycles. The molecule has 3 aromatic rings. The number of sulfone groups is 1. The van der Waals surface area contributed by atoms with E-state index in [1.54, 1.807) is 0 Å². The summed E-state index contributed by atoms with van der Waals surface area (Å²) in [7, 11) is -3.94. The summed E-state index contributed by atoms with van der Waals surface area (Å²) in [5, 5.41) is 19.0. The van der Waals surface area contributed by atoms with Crippen LogP contribution in [0, 0.1) is 0 Å². The number of phenols is 1. The van der Waals surface area contributed by atoms with Crippen LogP contribution < -0.4 is 5.32 Å². The highest BCUT2D eigenvalue weighted by Gasteiger charge is 2.23. The Labute approximate surface area is 173 Å². The lowest BCUT2D eigenvalue weighted by Crippen LogP contribution is -2.18. The standard InChI is InChI=1S/C15H12ClN5O4S3/c1-26-15-21-20-13(27-15)19-12(23)11-10(16)6-17-14(18-11)28(24,25)7-8-2-4-9(22)5-3-8/h2-6,22H,7H2,1H3,(H,19,20,23). The van der Waals surface area contributed by atoms with Gasteiger partial charge in [-0.1, -0.05) is 46.8 Å². The maximum atomic E-state index is 12.6. The third-order valence-electron chi connectivity index (χ3n) is 3.31. The van der Waals surface area contributed by atoms with Gasteiger partial charge in [0.2, 0.25) is 20.1 Å². The van der Waals surface area contributed by atoms with Crippen LogP contribution in [0.15, 0.2) is 40.0 Å². The number of halogens is 1. The average molecular weight is 458 g/mol. The van der Waals surface area contributed by atoms with E-state index < -0.39 is 26.7 Å². The van der Waals surface area contributed by atoms with Gasteiger partial charge in [-0.25, -0.2) is 18.4 Å². The Balaban J connectivity index is 1.85. The van der Waals surface area contributed by atoms with Gasteiger partial charge in [0.05, 0.1) is 17.0 Å². The number of rotatable bonds is 6. The Morgan fingerprint density at radius 3 is 2.64 bits per heavy atom. The number of hydrogen-bond acceptors (Lipinski definition) is 10. The Hall–Kier alpha value is -2.28. The summed E-state index contributed by atoms with van der Waals surface area (Å²) >= 11 is 8.50. The first-order valence-corrected chi connectivity index (χ1v) is 11.6. The first-order valence-electron chi connectivity index (χ1n) is 7.50. The van der Waals surface area contributed by atoms with Crippen LogP contribution in [-0.2, 0) is 15.6 Å². The molecule has 0 aliphatic rings. The molecule has 0 fully saturated rings. The fourth-order valence-electron chi connectivity index (χ4n) is 2.04. The summed E-state index contributed by atoms with van der Waals surface area (Å²) in [6, 6.07) is 5.68. The van der Waals surface area contributed by atoms with Gasteiger partial charge in [-0.3, -0.25) is 10.1 Å². The zero-order valence-electron chi connectivity index (χ0n) is 14.2. The third-order valence-corrected chi connectivity index (χ3v) is 6.87. The molecule has 0 atom stereocenters. The van der Waals surface area contributed by atoms with Crippen LogP contribution in [0.3, 0.4) is 0 Å². The predicted molar refractivity (Wildman–Crippen MR) is 106 cm³/mol. The number of hydrogen-bond donors (Lipinski definition) is 2.